The average Bonchev–Trinajstić information content (AvgIpc) is 2.63. The van der Waals surface area contributed by atoms with Crippen molar-refractivity contribution in [1.29, 1.82) is 0 Å². The summed E-state index contributed by atoms with van der Waals surface area (Å²) < 4.78 is 0. The molecule has 2 heterocycles. The molecule has 5 nitrogen and oxygen atoms in total. The Morgan fingerprint density at radius 3 is 2.46 bits per heavy atom. The minimum absolute atomic E-state index is 0.0141. The SMILES string of the molecule is Cc1ccc(Cl)cc1N1CCN(C(=O)c2cnc(C(C)C)nc2C)CC1. The molecule has 1 saturated heterocycles. The highest BCUT2D eigenvalue weighted by Gasteiger charge is 2.25. The quantitative estimate of drug-likeness (QED) is 0.821. The Morgan fingerprint density at radius 1 is 1.15 bits per heavy atom. The number of nitrogens with zero attached hydrogens (tertiary/aromatic N) is 4. The van der Waals surface area contributed by atoms with E-state index in [1.165, 1.54) is 5.56 Å². The molecule has 26 heavy (non-hydrogen) atoms. The maximum absolute atomic E-state index is 12.9. The number of aromatic nitrogens is 2. The summed E-state index contributed by atoms with van der Waals surface area (Å²) in [6.07, 6.45) is 1.67. The molecule has 1 aliphatic heterocycles. The van der Waals surface area contributed by atoms with Crippen molar-refractivity contribution in [2.75, 3.05) is 31.1 Å². The largest absolute Gasteiger partial charge is 0.368 e. The second-order valence-corrected chi connectivity index (χ2v) is 7.53. The van der Waals surface area contributed by atoms with E-state index in [1.54, 1.807) is 6.20 Å². The van der Waals surface area contributed by atoms with Gasteiger partial charge in [0.05, 0.1) is 11.3 Å². The van der Waals surface area contributed by atoms with Crippen LogP contribution in [0.15, 0.2) is 24.4 Å². The summed E-state index contributed by atoms with van der Waals surface area (Å²) in [7, 11) is 0. The van der Waals surface area contributed by atoms with Gasteiger partial charge in [0.15, 0.2) is 0 Å². The van der Waals surface area contributed by atoms with Gasteiger partial charge in [-0.05, 0) is 31.5 Å². The predicted molar refractivity (Wildman–Crippen MR) is 105 cm³/mol. The summed E-state index contributed by atoms with van der Waals surface area (Å²) in [4.78, 5) is 25.9. The molecule has 1 amide bonds. The monoisotopic (exact) mass is 372 g/mol. The van der Waals surface area contributed by atoms with E-state index in [4.69, 9.17) is 11.6 Å². The Hall–Kier alpha value is -2.14. The molecule has 0 radical (unpaired) electrons. The molecule has 3 rings (SSSR count). The fraction of sp³-hybridized carbons (Fsp3) is 0.450. The fourth-order valence-electron chi connectivity index (χ4n) is 3.22. The van der Waals surface area contributed by atoms with Crippen LogP contribution in [0, 0.1) is 13.8 Å². The number of aryl methyl sites for hydroxylation is 2. The standard InChI is InChI=1S/C20H25ClN4O/c1-13(2)19-22-12-17(15(4)23-19)20(26)25-9-7-24(8-10-25)18-11-16(21)6-5-14(18)3/h5-6,11-13H,7-10H2,1-4H3. The highest BCUT2D eigenvalue weighted by molar-refractivity contribution is 6.30. The molecule has 6 heteroatoms. The highest BCUT2D eigenvalue weighted by Crippen LogP contribution is 2.25. The Bertz CT molecular complexity index is 813. The van der Waals surface area contributed by atoms with Crippen molar-refractivity contribution in [3.05, 3.63) is 52.1 Å². The molecule has 1 aromatic carbocycles. The van der Waals surface area contributed by atoms with Gasteiger partial charge in [-0.1, -0.05) is 31.5 Å². The van der Waals surface area contributed by atoms with E-state index < -0.39 is 0 Å². The number of benzene rings is 1. The molecule has 1 fully saturated rings. The van der Waals surface area contributed by atoms with Crippen LogP contribution in [0.2, 0.25) is 5.02 Å². The van der Waals surface area contributed by atoms with Gasteiger partial charge in [0, 0.05) is 49.0 Å². The summed E-state index contributed by atoms with van der Waals surface area (Å²) in [5.74, 6) is 1.04. The molecule has 138 valence electrons. The van der Waals surface area contributed by atoms with Gasteiger partial charge in [-0.2, -0.15) is 0 Å². The van der Waals surface area contributed by atoms with Crippen LogP contribution in [0.4, 0.5) is 5.69 Å². The van der Waals surface area contributed by atoms with Crippen molar-refractivity contribution in [3.63, 3.8) is 0 Å². The van der Waals surface area contributed by atoms with Crippen LogP contribution >= 0.6 is 11.6 Å². The van der Waals surface area contributed by atoms with Crippen molar-refractivity contribution in [1.82, 2.24) is 14.9 Å². The minimum atomic E-state index is 0.0141. The van der Waals surface area contributed by atoms with Crippen molar-refractivity contribution < 1.29 is 4.79 Å². The maximum atomic E-state index is 12.9. The van der Waals surface area contributed by atoms with Crippen molar-refractivity contribution in [2.45, 2.75) is 33.6 Å². The summed E-state index contributed by atoms with van der Waals surface area (Å²) >= 11 is 6.14. The second-order valence-electron chi connectivity index (χ2n) is 7.09. The van der Waals surface area contributed by atoms with Crippen molar-refractivity contribution >= 4 is 23.2 Å². The van der Waals surface area contributed by atoms with E-state index >= 15 is 0 Å². The molecule has 0 bridgehead atoms. The summed E-state index contributed by atoms with van der Waals surface area (Å²) in [6, 6.07) is 5.94. The fourth-order valence-corrected chi connectivity index (χ4v) is 3.38. The van der Waals surface area contributed by atoms with E-state index in [9.17, 15) is 4.79 Å². The van der Waals surface area contributed by atoms with E-state index in [2.05, 4.69) is 21.8 Å². The Labute approximate surface area is 160 Å². The van der Waals surface area contributed by atoms with Gasteiger partial charge in [0.2, 0.25) is 0 Å². The van der Waals surface area contributed by atoms with Crippen molar-refractivity contribution in [2.24, 2.45) is 0 Å². The molecule has 0 N–H and O–H groups in total. The second kappa shape index (κ2) is 7.62. The molecule has 0 saturated carbocycles. The number of rotatable bonds is 3. The molecule has 0 unspecified atom stereocenters. The van der Waals surface area contributed by atoms with Gasteiger partial charge in [-0.3, -0.25) is 4.79 Å². The molecule has 1 aromatic heterocycles. The van der Waals surface area contributed by atoms with Crippen LogP contribution < -0.4 is 4.90 Å². The zero-order valence-electron chi connectivity index (χ0n) is 15.8. The van der Waals surface area contributed by atoms with E-state index in [0.29, 0.717) is 18.7 Å². The Morgan fingerprint density at radius 2 is 1.85 bits per heavy atom. The highest BCUT2D eigenvalue weighted by atomic mass is 35.5. The summed E-state index contributed by atoms with van der Waals surface area (Å²) in [5.41, 5.74) is 3.69. The van der Waals surface area contributed by atoms with Crippen LogP contribution in [0.1, 0.15) is 47.2 Å². The first kappa shape index (κ1) is 18.6. The van der Waals surface area contributed by atoms with Gasteiger partial charge in [0.1, 0.15) is 5.82 Å². The number of hydrogen-bond donors (Lipinski definition) is 0. The number of anilines is 1. The molecule has 0 spiro atoms. The lowest BCUT2D eigenvalue weighted by Crippen LogP contribution is -2.49. The first-order chi connectivity index (χ1) is 12.4. The lowest BCUT2D eigenvalue weighted by atomic mass is 10.1. The number of carbonyl (C=O) groups is 1. The number of carbonyl (C=O) groups excluding carboxylic acids is 1. The molecule has 1 aliphatic rings. The third-order valence-corrected chi connectivity index (χ3v) is 5.06. The third kappa shape index (κ3) is 3.83. The van der Waals surface area contributed by atoms with E-state index in [1.807, 2.05) is 43.9 Å². The molecule has 2 aromatic rings. The van der Waals surface area contributed by atoms with Crippen LogP contribution in [-0.4, -0.2) is 47.0 Å². The minimum Gasteiger partial charge on any atom is -0.368 e. The smallest absolute Gasteiger partial charge is 0.257 e. The van der Waals surface area contributed by atoms with E-state index in [0.717, 1.165) is 35.3 Å². The van der Waals surface area contributed by atoms with Gasteiger partial charge in [-0.15, -0.1) is 0 Å². The van der Waals surface area contributed by atoms with Gasteiger partial charge >= 0.3 is 0 Å². The molecular formula is C20H25ClN4O. The topological polar surface area (TPSA) is 49.3 Å². The zero-order valence-corrected chi connectivity index (χ0v) is 16.5. The van der Waals surface area contributed by atoms with Crippen LogP contribution in [0.25, 0.3) is 0 Å². The molecule has 0 aliphatic carbocycles. The molecule has 0 atom stereocenters. The summed E-state index contributed by atoms with van der Waals surface area (Å²) in [6.45, 7) is 11.0. The third-order valence-electron chi connectivity index (χ3n) is 4.82. The number of piperazine rings is 1. The number of amides is 1. The first-order valence-corrected chi connectivity index (χ1v) is 9.38. The van der Waals surface area contributed by atoms with E-state index in [-0.39, 0.29) is 11.8 Å². The Balaban J connectivity index is 1.70. The Kier molecular flexibility index (Phi) is 5.47. The van der Waals surface area contributed by atoms with Gasteiger partial charge in [-0.25, -0.2) is 9.97 Å². The van der Waals surface area contributed by atoms with Gasteiger partial charge in [0.25, 0.3) is 5.91 Å². The molecular weight excluding hydrogens is 348 g/mol. The summed E-state index contributed by atoms with van der Waals surface area (Å²) in [5, 5.41) is 0.738. The van der Waals surface area contributed by atoms with Crippen LogP contribution in [0.5, 0.6) is 0 Å². The van der Waals surface area contributed by atoms with Crippen molar-refractivity contribution in [3.8, 4) is 0 Å². The zero-order chi connectivity index (χ0) is 18.8. The lowest BCUT2D eigenvalue weighted by molar-refractivity contribution is 0.0745. The number of hydrogen-bond acceptors (Lipinski definition) is 4. The van der Waals surface area contributed by atoms with Crippen LogP contribution in [-0.2, 0) is 0 Å². The average molecular weight is 373 g/mol. The lowest BCUT2D eigenvalue weighted by Gasteiger charge is -2.37. The predicted octanol–water partition coefficient (Wildman–Crippen LogP) is 3.83. The normalized spacial score (nSPS) is 14.8. The van der Waals surface area contributed by atoms with Crippen LogP contribution in [0.3, 0.4) is 0 Å². The number of halogens is 1. The first-order valence-electron chi connectivity index (χ1n) is 9.00. The maximum Gasteiger partial charge on any atom is 0.257 e. The van der Waals surface area contributed by atoms with Gasteiger partial charge < -0.3 is 9.80 Å².